The van der Waals surface area contributed by atoms with Gasteiger partial charge in [-0.15, -0.1) is 0 Å². The summed E-state index contributed by atoms with van der Waals surface area (Å²) in [6.07, 6.45) is 5.39. The van der Waals surface area contributed by atoms with E-state index in [9.17, 15) is 0 Å². The fourth-order valence-corrected chi connectivity index (χ4v) is 2.12. The van der Waals surface area contributed by atoms with E-state index in [1.54, 1.807) is 6.20 Å². The average molecular weight is 232 g/mol. The second-order valence-electron chi connectivity index (χ2n) is 4.01. The molecule has 0 atom stereocenters. The summed E-state index contributed by atoms with van der Waals surface area (Å²) in [7, 11) is 0. The molecule has 2 heterocycles. The first-order valence-electron chi connectivity index (χ1n) is 5.91. The number of piperidine rings is 1. The lowest BCUT2D eigenvalue weighted by Crippen LogP contribution is -2.38. The normalized spacial score (nSPS) is 16.8. The molecule has 0 bridgehead atoms. The van der Waals surface area contributed by atoms with Gasteiger partial charge in [-0.25, -0.2) is 9.97 Å². The molecule has 5 heteroatoms. The predicted octanol–water partition coefficient (Wildman–Crippen LogP) is 1.35. The van der Waals surface area contributed by atoms with Crippen molar-refractivity contribution < 1.29 is 4.74 Å². The van der Waals surface area contributed by atoms with E-state index in [2.05, 4.69) is 20.9 Å². The van der Waals surface area contributed by atoms with Crippen LogP contribution in [-0.2, 0) is 4.74 Å². The van der Waals surface area contributed by atoms with Crippen LogP contribution in [0.15, 0.2) is 12.5 Å². The van der Waals surface area contributed by atoms with Crippen molar-refractivity contribution in [3.63, 3.8) is 0 Å². The highest BCUT2D eigenvalue weighted by Crippen LogP contribution is 2.21. The van der Waals surface area contributed by atoms with Gasteiger partial charge in [0.05, 0.1) is 12.3 Å². The Balaban J connectivity index is 2.03. The van der Waals surface area contributed by atoms with Gasteiger partial charge in [0.15, 0.2) is 0 Å². The molecule has 90 valence electrons. The molecule has 1 aromatic rings. The first-order chi connectivity index (χ1) is 8.35. The molecule has 0 spiro atoms. The van der Waals surface area contributed by atoms with Crippen molar-refractivity contribution in [3.8, 4) is 6.07 Å². The maximum Gasteiger partial charge on any atom is 0.149 e. The van der Waals surface area contributed by atoms with Crippen LogP contribution >= 0.6 is 0 Å². The molecule has 1 saturated heterocycles. The minimum Gasteiger partial charge on any atom is -0.378 e. The molecule has 0 unspecified atom stereocenters. The van der Waals surface area contributed by atoms with Crippen molar-refractivity contribution in [1.82, 2.24) is 9.97 Å². The van der Waals surface area contributed by atoms with E-state index < -0.39 is 0 Å². The van der Waals surface area contributed by atoms with Gasteiger partial charge in [-0.05, 0) is 19.8 Å². The zero-order chi connectivity index (χ0) is 12.1. The molecule has 5 nitrogen and oxygen atoms in total. The first kappa shape index (κ1) is 11.8. The summed E-state index contributed by atoms with van der Waals surface area (Å²) in [5, 5.41) is 9.00. The van der Waals surface area contributed by atoms with Gasteiger partial charge < -0.3 is 9.64 Å². The standard InChI is InChI=1S/C12H16N4O/c1-2-17-11-3-5-16(6-4-11)12-10(7-13)8-14-9-15-12/h8-9,11H,2-6H2,1H3. The summed E-state index contributed by atoms with van der Waals surface area (Å²) in [4.78, 5) is 10.2. The quantitative estimate of drug-likeness (QED) is 0.787. The van der Waals surface area contributed by atoms with E-state index in [-0.39, 0.29) is 0 Å². The fraction of sp³-hybridized carbons (Fsp3) is 0.583. The molecule has 0 aliphatic carbocycles. The average Bonchev–Trinajstić information content (AvgIpc) is 2.40. The Kier molecular flexibility index (Phi) is 3.89. The Morgan fingerprint density at radius 1 is 1.53 bits per heavy atom. The van der Waals surface area contributed by atoms with Crippen molar-refractivity contribution >= 4 is 5.82 Å². The monoisotopic (exact) mass is 232 g/mol. The molecule has 0 saturated carbocycles. The lowest BCUT2D eigenvalue weighted by molar-refractivity contribution is 0.0458. The van der Waals surface area contributed by atoms with Gasteiger partial charge in [-0.3, -0.25) is 0 Å². The van der Waals surface area contributed by atoms with E-state index in [1.165, 1.54) is 6.33 Å². The molecule has 1 fully saturated rings. The molecule has 17 heavy (non-hydrogen) atoms. The highest BCUT2D eigenvalue weighted by atomic mass is 16.5. The Morgan fingerprint density at radius 3 is 2.94 bits per heavy atom. The van der Waals surface area contributed by atoms with Crippen LogP contribution in [0.1, 0.15) is 25.3 Å². The Labute approximate surface area is 101 Å². The van der Waals surface area contributed by atoms with E-state index in [0.29, 0.717) is 11.7 Å². The summed E-state index contributed by atoms with van der Waals surface area (Å²) in [5.74, 6) is 0.748. The Bertz CT molecular complexity index is 407. The van der Waals surface area contributed by atoms with E-state index in [1.807, 2.05) is 6.92 Å². The molecule has 1 aliphatic heterocycles. The van der Waals surface area contributed by atoms with Crippen LogP contribution < -0.4 is 4.90 Å². The zero-order valence-corrected chi connectivity index (χ0v) is 9.96. The highest BCUT2D eigenvalue weighted by Gasteiger charge is 2.21. The maximum atomic E-state index is 9.00. The van der Waals surface area contributed by atoms with Crippen LogP contribution in [0, 0.1) is 11.3 Å². The van der Waals surface area contributed by atoms with Crippen LogP contribution in [-0.4, -0.2) is 35.8 Å². The van der Waals surface area contributed by atoms with E-state index in [0.717, 1.165) is 38.4 Å². The van der Waals surface area contributed by atoms with Gasteiger partial charge in [-0.2, -0.15) is 5.26 Å². The van der Waals surface area contributed by atoms with Crippen molar-refractivity contribution in [2.45, 2.75) is 25.9 Å². The molecule has 0 aromatic carbocycles. The first-order valence-corrected chi connectivity index (χ1v) is 5.91. The molecule has 0 amide bonds. The Morgan fingerprint density at radius 2 is 2.29 bits per heavy atom. The number of anilines is 1. The highest BCUT2D eigenvalue weighted by molar-refractivity contribution is 5.52. The molecule has 1 aromatic heterocycles. The van der Waals surface area contributed by atoms with E-state index in [4.69, 9.17) is 10.00 Å². The third-order valence-electron chi connectivity index (χ3n) is 2.96. The molecule has 1 aliphatic rings. The van der Waals surface area contributed by atoms with E-state index >= 15 is 0 Å². The molecule has 0 radical (unpaired) electrons. The number of hydrogen-bond donors (Lipinski definition) is 0. The zero-order valence-electron chi connectivity index (χ0n) is 9.96. The summed E-state index contributed by atoms with van der Waals surface area (Å²) < 4.78 is 5.60. The topological polar surface area (TPSA) is 62.0 Å². The second kappa shape index (κ2) is 5.60. The molecule has 0 N–H and O–H groups in total. The lowest BCUT2D eigenvalue weighted by atomic mass is 10.1. The van der Waals surface area contributed by atoms with Crippen LogP contribution in [0.5, 0.6) is 0 Å². The van der Waals surface area contributed by atoms with Gasteiger partial charge in [0, 0.05) is 19.7 Å². The van der Waals surface area contributed by atoms with Gasteiger partial charge in [0.25, 0.3) is 0 Å². The number of nitrogens with zero attached hydrogens (tertiary/aromatic N) is 4. The van der Waals surface area contributed by atoms with Crippen LogP contribution in [0.25, 0.3) is 0 Å². The number of aromatic nitrogens is 2. The molecular formula is C12H16N4O. The number of hydrogen-bond acceptors (Lipinski definition) is 5. The fourth-order valence-electron chi connectivity index (χ4n) is 2.12. The largest absolute Gasteiger partial charge is 0.378 e. The number of nitriles is 1. The third kappa shape index (κ3) is 2.71. The number of ether oxygens (including phenoxy) is 1. The molecule has 2 rings (SSSR count). The number of rotatable bonds is 3. The van der Waals surface area contributed by atoms with Gasteiger partial charge in [-0.1, -0.05) is 0 Å². The van der Waals surface area contributed by atoms with Crippen molar-refractivity contribution in [3.05, 3.63) is 18.1 Å². The summed E-state index contributed by atoms with van der Waals surface area (Å²) in [6, 6.07) is 2.13. The molecular weight excluding hydrogens is 216 g/mol. The van der Waals surface area contributed by atoms with Gasteiger partial charge >= 0.3 is 0 Å². The lowest BCUT2D eigenvalue weighted by Gasteiger charge is -2.32. The minimum absolute atomic E-state index is 0.351. The van der Waals surface area contributed by atoms with Crippen LogP contribution in [0.4, 0.5) is 5.82 Å². The minimum atomic E-state index is 0.351. The SMILES string of the molecule is CCOC1CCN(c2ncncc2C#N)CC1. The smallest absolute Gasteiger partial charge is 0.149 e. The van der Waals surface area contributed by atoms with Crippen molar-refractivity contribution in [2.24, 2.45) is 0 Å². The second-order valence-corrected chi connectivity index (χ2v) is 4.01. The summed E-state index contributed by atoms with van der Waals surface area (Å²) in [6.45, 7) is 4.55. The third-order valence-corrected chi connectivity index (χ3v) is 2.96. The van der Waals surface area contributed by atoms with Crippen LogP contribution in [0.3, 0.4) is 0 Å². The van der Waals surface area contributed by atoms with Gasteiger partial charge in [0.2, 0.25) is 0 Å². The van der Waals surface area contributed by atoms with Crippen molar-refractivity contribution in [2.75, 3.05) is 24.6 Å². The Hall–Kier alpha value is -1.67. The summed E-state index contributed by atoms with van der Waals surface area (Å²) >= 11 is 0. The summed E-state index contributed by atoms with van der Waals surface area (Å²) in [5.41, 5.74) is 0.544. The predicted molar refractivity (Wildman–Crippen MR) is 63.6 cm³/mol. The van der Waals surface area contributed by atoms with Crippen molar-refractivity contribution in [1.29, 1.82) is 5.26 Å². The van der Waals surface area contributed by atoms with Crippen LogP contribution in [0.2, 0.25) is 0 Å². The maximum absolute atomic E-state index is 9.00. The van der Waals surface area contributed by atoms with Gasteiger partial charge in [0.1, 0.15) is 23.8 Å².